The molecule has 5 aromatic carbocycles. The maximum absolute atomic E-state index is 6.97. The molecule has 0 aromatic heterocycles. The Bertz CT molecular complexity index is 1530. The fraction of sp³-hybridized carbons (Fsp3) is 0.0556. The summed E-state index contributed by atoms with van der Waals surface area (Å²) < 4.78 is 0. The highest BCUT2D eigenvalue weighted by molar-refractivity contribution is 6.34. The summed E-state index contributed by atoms with van der Waals surface area (Å²) >= 11 is 13.9. The van der Waals surface area contributed by atoms with Crippen LogP contribution < -0.4 is 9.80 Å². The summed E-state index contributed by atoms with van der Waals surface area (Å²) in [6.07, 6.45) is 9.10. The summed E-state index contributed by atoms with van der Waals surface area (Å²) in [6, 6.07) is 47.3. The fourth-order valence-corrected chi connectivity index (χ4v) is 5.84. The van der Waals surface area contributed by atoms with E-state index in [0.717, 1.165) is 22.7 Å². The second-order valence-electron chi connectivity index (χ2n) is 9.68. The Morgan fingerprint density at radius 3 is 1.25 bits per heavy atom. The Hall–Kier alpha value is -4.24. The van der Waals surface area contributed by atoms with E-state index in [2.05, 4.69) is 119 Å². The van der Waals surface area contributed by atoms with Crippen molar-refractivity contribution in [3.63, 3.8) is 0 Å². The zero-order valence-electron chi connectivity index (χ0n) is 21.8. The SMILES string of the molecule is Clc1ccccc1N(c1ccccc1)C1(N(c2ccccc2)c2ccccc2Cl)C=CC(c2ccccc2)C=C1. The van der Waals surface area contributed by atoms with Crippen LogP contribution in [0.3, 0.4) is 0 Å². The Morgan fingerprint density at radius 1 is 0.450 bits per heavy atom. The zero-order chi connectivity index (χ0) is 27.4. The van der Waals surface area contributed by atoms with Gasteiger partial charge in [-0.2, -0.15) is 0 Å². The van der Waals surface area contributed by atoms with Crippen LogP contribution in [0.5, 0.6) is 0 Å². The monoisotopic (exact) mass is 558 g/mol. The maximum atomic E-state index is 6.97. The lowest BCUT2D eigenvalue weighted by atomic mass is 9.87. The third-order valence-electron chi connectivity index (χ3n) is 7.21. The summed E-state index contributed by atoms with van der Waals surface area (Å²) in [5, 5.41) is 1.31. The van der Waals surface area contributed by atoms with Gasteiger partial charge in [0.1, 0.15) is 0 Å². The normalized spacial score (nSPS) is 14.2. The molecule has 0 atom stereocenters. The molecule has 0 heterocycles. The molecular formula is C36H28Cl2N2. The second-order valence-corrected chi connectivity index (χ2v) is 10.5. The third kappa shape index (κ3) is 4.93. The summed E-state index contributed by atoms with van der Waals surface area (Å²) in [5.41, 5.74) is 4.15. The van der Waals surface area contributed by atoms with Gasteiger partial charge >= 0.3 is 0 Å². The highest BCUT2D eigenvalue weighted by atomic mass is 35.5. The number of para-hydroxylation sites is 4. The van der Waals surface area contributed by atoms with Crippen LogP contribution >= 0.6 is 23.2 Å². The van der Waals surface area contributed by atoms with Crippen LogP contribution in [0, 0.1) is 0 Å². The Morgan fingerprint density at radius 2 is 0.825 bits per heavy atom. The maximum Gasteiger partial charge on any atom is 0.160 e. The highest BCUT2D eigenvalue weighted by Gasteiger charge is 2.43. The quantitative estimate of drug-likeness (QED) is 0.145. The number of rotatable bonds is 7. The van der Waals surface area contributed by atoms with Crippen molar-refractivity contribution in [3.8, 4) is 0 Å². The molecule has 4 heteroatoms. The molecular weight excluding hydrogens is 531 g/mol. The molecule has 40 heavy (non-hydrogen) atoms. The van der Waals surface area contributed by atoms with Crippen LogP contribution in [0.2, 0.25) is 10.0 Å². The number of hydrogen-bond donors (Lipinski definition) is 0. The van der Waals surface area contributed by atoms with E-state index in [4.69, 9.17) is 23.2 Å². The minimum absolute atomic E-state index is 0.127. The van der Waals surface area contributed by atoms with E-state index in [0.29, 0.717) is 10.0 Å². The van der Waals surface area contributed by atoms with Crippen molar-refractivity contribution < 1.29 is 0 Å². The van der Waals surface area contributed by atoms with Crippen LogP contribution in [0.15, 0.2) is 164 Å². The number of anilines is 4. The van der Waals surface area contributed by atoms with Crippen LogP contribution in [0.25, 0.3) is 0 Å². The van der Waals surface area contributed by atoms with Crippen molar-refractivity contribution in [2.24, 2.45) is 0 Å². The third-order valence-corrected chi connectivity index (χ3v) is 7.85. The van der Waals surface area contributed by atoms with E-state index in [9.17, 15) is 0 Å². The van der Waals surface area contributed by atoms with Crippen molar-refractivity contribution in [3.05, 3.63) is 179 Å². The molecule has 2 nitrogen and oxygen atoms in total. The average Bonchev–Trinajstić information content (AvgIpc) is 3.01. The first-order valence-electron chi connectivity index (χ1n) is 13.3. The molecule has 0 saturated carbocycles. The number of hydrogen-bond acceptors (Lipinski definition) is 2. The van der Waals surface area contributed by atoms with Gasteiger partial charge in [0.25, 0.3) is 0 Å². The van der Waals surface area contributed by atoms with E-state index in [1.165, 1.54) is 5.56 Å². The van der Waals surface area contributed by atoms with E-state index < -0.39 is 5.66 Å². The van der Waals surface area contributed by atoms with Gasteiger partial charge in [0.05, 0.1) is 21.4 Å². The van der Waals surface area contributed by atoms with Gasteiger partial charge in [-0.3, -0.25) is 0 Å². The fourth-order valence-electron chi connectivity index (χ4n) is 5.40. The van der Waals surface area contributed by atoms with Gasteiger partial charge in [0.2, 0.25) is 0 Å². The summed E-state index contributed by atoms with van der Waals surface area (Å²) in [4.78, 5) is 4.58. The lowest BCUT2D eigenvalue weighted by Gasteiger charge is -2.51. The van der Waals surface area contributed by atoms with Crippen molar-refractivity contribution in [2.45, 2.75) is 11.6 Å². The van der Waals surface area contributed by atoms with Crippen molar-refractivity contribution in [1.82, 2.24) is 0 Å². The van der Waals surface area contributed by atoms with Crippen molar-refractivity contribution in [1.29, 1.82) is 0 Å². The topological polar surface area (TPSA) is 6.48 Å². The van der Waals surface area contributed by atoms with E-state index in [-0.39, 0.29) is 5.92 Å². The first-order valence-corrected chi connectivity index (χ1v) is 14.1. The smallest absolute Gasteiger partial charge is 0.160 e. The zero-order valence-corrected chi connectivity index (χ0v) is 23.3. The molecule has 1 aliphatic carbocycles. The molecule has 0 amide bonds. The largest absolute Gasteiger partial charge is 0.309 e. The molecule has 0 spiro atoms. The van der Waals surface area contributed by atoms with Gasteiger partial charge in [-0.05, 0) is 66.2 Å². The molecule has 6 rings (SSSR count). The van der Waals surface area contributed by atoms with Crippen LogP contribution in [-0.2, 0) is 0 Å². The molecule has 0 unspecified atom stereocenters. The van der Waals surface area contributed by atoms with E-state index in [1.807, 2.05) is 54.6 Å². The number of allylic oxidation sites excluding steroid dienone is 2. The van der Waals surface area contributed by atoms with Crippen LogP contribution in [-0.4, -0.2) is 5.66 Å². The van der Waals surface area contributed by atoms with Gasteiger partial charge in [-0.1, -0.05) is 126 Å². The molecule has 0 bridgehead atoms. The molecule has 0 saturated heterocycles. The Kier molecular flexibility index (Phi) is 7.46. The van der Waals surface area contributed by atoms with Gasteiger partial charge in [0.15, 0.2) is 5.66 Å². The Balaban J connectivity index is 1.66. The molecule has 0 radical (unpaired) electrons. The second kappa shape index (κ2) is 11.5. The molecule has 0 aliphatic heterocycles. The van der Waals surface area contributed by atoms with Crippen molar-refractivity contribution in [2.75, 3.05) is 9.80 Å². The number of benzene rings is 5. The summed E-state index contributed by atoms with van der Waals surface area (Å²) in [7, 11) is 0. The minimum Gasteiger partial charge on any atom is -0.309 e. The van der Waals surface area contributed by atoms with Crippen LogP contribution in [0.1, 0.15) is 11.5 Å². The Labute approximate surface area is 246 Å². The van der Waals surface area contributed by atoms with Crippen LogP contribution in [0.4, 0.5) is 22.7 Å². The standard InChI is InChI=1S/C36H28Cl2N2/c37-32-20-10-12-22-34(32)39(30-16-6-2-7-17-30)36(26-24-29(25-27-36)28-14-4-1-5-15-28)40(31-18-8-3-9-19-31)35-23-13-11-21-33(35)38/h1-27,29H. The predicted molar refractivity (Wildman–Crippen MR) is 170 cm³/mol. The van der Waals surface area contributed by atoms with Gasteiger partial charge in [0, 0.05) is 17.3 Å². The molecule has 0 fully saturated rings. The molecule has 0 N–H and O–H groups in total. The lowest BCUT2D eigenvalue weighted by Crippen LogP contribution is -2.56. The van der Waals surface area contributed by atoms with Gasteiger partial charge in [-0.15, -0.1) is 0 Å². The number of nitrogens with zero attached hydrogens (tertiary/aromatic N) is 2. The lowest BCUT2D eigenvalue weighted by molar-refractivity contribution is 0.626. The minimum atomic E-state index is -0.843. The van der Waals surface area contributed by atoms with E-state index in [1.54, 1.807) is 0 Å². The first kappa shape index (κ1) is 26.0. The molecule has 5 aromatic rings. The summed E-state index contributed by atoms with van der Waals surface area (Å²) in [5.74, 6) is 0.127. The predicted octanol–water partition coefficient (Wildman–Crippen LogP) is 10.6. The first-order chi connectivity index (χ1) is 19.7. The average molecular weight is 560 g/mol. The summed E-state index contributed by atoms with van der Waals surface area (Å²) in [6.45, 7) is 0. The van der Waals surface area contributed by atoms with Gasteiger partial charge in [-0.25, -0.2) is 0 Å². The van der Waals surface area contributed by atoms with Crippen molar-refractivity contribution >= 4 is 46.0 Å². The highest BCUT2D eigenvalue weighted by Crippen LogP contribution is 2.48. The van der Waals surface area contributed by atoms with E-state index >= 15 is 0 Å². The molecule has 1 aliphatic rings. The van der Waals surface area contributed by atoms with Gasteiger partial charge < -0.3 is 9.80 Å². The number of halogens is 2. The molecule has 196 valence electrons.